The van der Waals surface area contributed by atoms with Crippen LogP contribution in [0.4, 0.5) is 0 Å². The highest BCUT2D eigenvalue weighted by Crippen LogP contribution is 2.32. The lowest BCUT2D eigenvalue weighted by atomic mass is 10.2. The molecular weight excluding hydrogens is 278 g/mol. The third kappa shape index (κ3) is 3.74. The molecule has 0 aromatic heterocycles. The molecule has 0 spiro atoms. The Balaban J connectivity index is 1.77. The minimum absolute atomic E-state index is 0.0303. The van der Waals surface area contributed by atoms with Crippen molar-refractivity contribution in [2.75, 3.05) is 27.4 Å². The number of likely N-dealkylation sites (N-methyl/N-ethyl adjacent to an activating group) is 1. The Morgan fingerprint density at radius 3 is 2.80 bits per heavy atom. The van der Waals surface area contributed by atoms with Gasteiger partial charge in [0.25, 0.3) is 0 Å². The molecule has 1 aromatic rings. The van der Waals surface area contributed by atoms with Gasteiger partial charge < -0.3 is 25.0 Å². The average molecular weight is 295 g/mol. The van der Waals surface area contributed by atoms with E-state index in [1.165, 1.54) is 4.90 Å². The predicted molar refractivity (Wildman–Crippen MR) is 78.7 cm³/mol. The Morgan fingerprint density at radius 1 is 1.30 bits per heavy atom. The first-order chi connectivity index (χ1) is 9.56. The van der Waals surface area contributed by atoms with E-state index in [4.69, 9.17) is 21.7 Å². The molecule has 0 saturated heterocycles. The summed E-state index contributed by atoms with van der Waals surface area (Å²) in [7, 11) is 3.40. The van der Waals surface area contributed by atoms with Crippen LogP contribution in [-0.2, 0) is 11.3 Å². The highest BCUT2D eigenvalue weighted by molar-refractivity contribution is 7.80. The zero-order chi connectivity index (χ0) is 14.5. The van der Waals surface area contributed by atoms with Crippen LogP contribution >= 0.6 is 12.2 Å². The van der Waals surface area contributed by atoms with Crippen LogP contribution in [-0.4, -0.2) is 43.4 Å². The average Bonchev–Trinajstić information content (AvgIpc) is 2.89. The highest BCUT2D eigenvalue weighted by Gasteiger charge is 2.13. The standard InChI is InChI=1S/C13H17N3O3S/c1-16(2)12(17)7-15-13(20)14-6-9-3-4-10-11(5-9)19-8-18-10/h3-5H,6-8H2,1-2H3,(H2,14,15,20). The maximum Gasteiger partial charge on any atom is 0.241 e. The number of nitrogens with one attached hydrogen (secondary N) is 2. The van der Waals surface area contributed by atoms with E-state index in [9.17, 15) is 4.79 Å². The second kappa shape index (κ2) is 6.42. The maximum atomic E-state index is 11.4. The van der Waals surface area contributed by atoms with Gasteiger partial charge in [-0.25, -0.2) is 0 Å². The van der Waals surface area contributed by atoms with Gasteiger partial charge in [-0.15, -0.1) is 0 Å². The minimum Gasteiger partial charge on any atom is -0.454 e. The van der Waals surface area contributed by atoms with Gasteiger partial charge in [-0.05, 0) is 29.9 Å². The number of thiocarbonyl (C=S) groups is 1. The van der Waals surface area contributed by atoms with Gasteiger partial charge in [0.2, 0.25) is 12.7 Å². The summed E-state index contributed by atoms with van der Waals surface area (Å²) in [4.78, 5) is 12.9. The number of carbonyl (C=O) groups excluding carboxylic acids is 1. The molecule has 2 N–H and O–H groups in total. The SMILES string of the molecule is CN(C)C(=O)CNC(=S)NCc1ccc2c(c1)OCO2. The number of nitrogens with zero attached hydrogens (tertiary/aromatic N) is 1. The van der Waals surface area contributed by atoms with Crippen molar-refractivity contribution in [3.63, 3.8) is 0 Å². The number of hydrogen-bond donors (Lipinski definition) is 2. The molecule has 2 rings (SSSR count). The van der Waals surface area contributed by atoms with Crippen molar-refractivity contribution in [3.05, 3.63) is 23.8 Å². The molecule has 0 aliphatic carbocycles. The summed E-state index contributed by atoms with van der Waals surface area (Å²) in [6, 6.07) is 5.71. The third-order valence-corrected chi connectivity index (χ3v) is 3.08. The van der Waals surface area contributed by atoms with E-state index in [1.54, 1.807) is 14.1 Å². The van der Waals surface area contributed by atoms with Crippen LogP contribution in [0.1, 0.15) is 5.56 Å². The van der Waals surface area contributed by atoms with Crippen molar-refractivity contribution >= 4 is 23.2 Å². The molecule has 108 valence electrons. The fraction of sp³-hybridized carbons (Fsp3) is 0.385. The number of fused-ring (bicyclic) bond motifs is 1. The lowest BCUT2D eigenvalue weighted by molar-refractivity contribution is -0.127. The van der Waals surface area contributed by atoms with Gasteiger partial charge in [0.15, 0.2) is 16.6 Å². The fourth-order valence-corrected chi connectivity index (χ4v) is 1.75. The van der Waals surface area contributed by atoms with Crippen LogP contribution in [0.3, 0.4) is 0 Å². The monoisotopic (exact) mass is 295 g/mol. The molecule has 0 bridgehead atoms. The van der Waals surface area contributed by atoms with E-state index >= 15 is 0 Å². The van der Waals surface area contributed by atoms with Gasteiger partial charge in [0.05, 0.1) is 6.54 Å². The molecule has 20 heavy (non-hydrogen) atoms. The van der Waals surface area contributed by atoms with E-state index in [2.05, 4.69) is 10.6 Å². The zero-order valence-electron chi connectivity index (χ0n) is 11.4. The Bertz CT molecular complexity index is 520. The Labute approximate surface area is 123 Å². The Hall–Kier alpha value is -2.02. The van der Waals surface area contributed by atoms with Gasteiger partial charge in [-0.2, -0.15) is 0 Å². The second-order valence-corrected chi connectivity index (χ2v) is 4.92. The summed E-state index contributed by atoms with van der Waals surface area (Å²) >= 11 is 5.11. The summed E-state index contributed by atoms with van der Waals surface area (Å²) in [5, 5.41) is 6.34. The minimum atomic E-state index is -0.0303. The van der Waals surface area contributed by atoms with E-state index in [-0.39, 0.29) is 19.2 Å². The highest BCUT2D eigenvalue weighted by atomic mass is 32.1. The molecule has 7 heteroatoms. The first-order valence-corrected chi connectivity index (χ1v) is 6.57. The van der Waals surface area contributed by atoms with Crippen LogP contribution in [0.5, 0.6) is 11.5 Å². The van der Waals surface area contributed by atoms with Gasteiger partial charge in [0, 0.05) is 20.6 Å². The second-order valence-electron chi connectivity index (χ2n) is 4.51. The molecule has 0 fully saturated rings. The van der Waals surface area contributed by atoms with E-state index in [1.807, 2.05) is 18.2 Å². The lowest BCUT2D eigenvalue weighted by Crippen LogP contribution is -2.41. The molecule has 0 radical (unpaired) electrons. The number of carbonyl (C=O) groups is 1. The van der Waals surface area contributed by atoms with Crippen molar-refractivity contribution in [3.8, 4) is 11.5 Å². The Kier molecular flexibility index (Phi) is 4.62. The molecule has 6 nitrogen and oxygen atoms in total. The van der Waals surface area contributed by atoms with Gasteiger partial charge in [-0.1, -0.05) is 6.07 Å². The first-order valence-electron chi connectivity index (χ1n) is 6.16. The van der Waals surface area contributed by atoms with Crippen LogP contribution < -0.4 is 20.1 Å². The summed E-state index contributed by atoms with van der Waals surface area (Å²) in [6.45, 7) is 0.997. The number of benzene rings is 1. The molecule has 1 heterocycles. The van der Waals surface area contributed by atoms with Crippen molar-refractivity contribution in [1.82, 2.24) is 15.5 Å². The summed E-state index contributed by atoms with van der Waals surface area (Å²) in [5.74, 6) is 1.47. The van der Waals surface area contributed by atoms with Crippen LogP contribution in [0.2, 0.25) is 0 Å². The molecular formula is C13H17N3O3S. The van der Waals surface area contributed by atoms with Gasteiger partial charge >= 0.3 is 0 Å². The molecule has 0 atom stereocenters. The molecule has 0 unspecified atom stereocenters. The van der Waals surface area contributed by atoms with Crippen molar-refractivity contribution in [2.24, 2.45) is 0 Å². The predicted octanol–water partition coefficient (Wildman–Crippen LogP) is 0.468. The van der Waals surface area contributed by atoms with E-state index in [0.29, 0.717) is 11.7 Å². The van der Waals surface area contributed by atoms with Crippen LogP contribution in [0.25, 0.3) is 0 Å². The number of ether oxygens (including phenoxy) is 2. The normalized spacial score (nSPS) is 11.9. The van der Waals surface area contributed by atoms with Gasteiger partial charge in [-0.3, -0.25) is 4.79 Å². The lowest BCUT2D eigenvalue weighted by Gasteiger charge is -2.13. The summed E-state index contributed by atoms with van der Waals surface area (Å²) in [6.07, 6.45) is 0. The first kappa shape index (κ1) is 14.4. The van der Waals surface area contributed by atoms with E-state index in [0.717, 1.165) is 17.1 Å². The van der Waals surface area contributed by atoms with Gasteiger partial charge in [0.1, 0.15) is 0 Å². The largest absolute Gasteiger partial charge is 0.454 e. The number of rotatable bonds is 4. The topological polar surface area (TPSA) is 62.8 Å². The fourth-order valence-electron chi connectivity index (χ4n) is 1.61. The molecule has 1 aliphatic rings. The summed E-state index contributed by atoms with van der Waals surface area (Å²) in [5.41, 5.74) is 1.03. The zero-order valence-corrected chi connectivity index (χ0v) is 12.3. The number of hydrogen-bond acceptors (Lipinski definition) is 4. The summed E-state index contributed by atoms with van der Waals surface area (Å²) < 4.78 is 10.5. The maximum absolute atomic E-state index is 11.4. The van der Waals surface area contributed by atoms with Crippen molar-refractivity contribution in [2.45, 2.75) is 6.54 Å². The molecule has 0 saturated carbocycles. The smallest absolute Gasteiger partial charge is 0.241 e. The van der Waals surface area contributed by atoms with Crippen LogP contribution in [0, 0.1) is 0 Å². The third-order valence-electron chi connectivity index (χ3n) is 2.79. The van der Waals surface area contributed by atoms with Crippen LogP contribution in [0.15, 0.2) is 18.2 Å². The van der Waals surface area contributed by atoms with Crippen molar-refractivity contribution < 1.29 is 14.3 Å². The molecule has 1 aliphatic heterocycles. The number of amides is 1. The van der Waals surface area contributed by atoms with Crippen molar-refractivity contribution in [1.29, 1.82) is 0 Å². The van der Waals surface area contributed by atoms with E-state index < -0.39 is 0 Å². The molecule has 1 amide bonds. The molecule has 1 aromatic carbocycles. The Morgan fingerprint density at radius 2 is 2.05 bits per heavy atom. The quantitative estimate of drug-likeness (QED) is 0.787.